The first-order valence-electron chi connectivity index (χ1n) is 5.74. The summed E-state index contributed by atoms with van der Waals surface area (Å²) in [7, 11) is 0. The van der Waals surface area contributed by atoms with Crippen molar-refractivity contribution in [2.24, 2.45) is 0 Å². The number of ether oxygens (including phenoxy) is 1. The van der Waals surface area contributed by atoms with Gasteiger partial charge in [0.05, 0.1) is 10.7 Å². The van der Waals surface area contributed by atoms with Crippen molar-refractivity contribution in [1.29, 1.82) is 0 Å². The molecule has 0 saturated carbocycles. The average Bonchev–Trinajstić information content (AvgIpc) is 2.77. The summed E-state index contributed by atoms with van der Waals surface area (Å²) in [6.45, 7) is 4.29. The zero-order valence-electron chi connectivity index (χ0n) is 10.1. The van der Waals surface area contributed by atoms with Crippen LogP contribution in [0.5, 0.6) is 5.75 Å². The maximum atomic E-state index is 5.60. The summed E-state index contributed by atoms with van der Waals surface area (Å²) in [6.07, 6.45) is 0. The second kappa shape index (κ2) is 6.87. The van der Waals surface area contributed by atoms with Crippen LogP contribution in [0.2, 0.25) is 0 Å². The lowest BCUT2D eigenvalue weighted by Crippen LogP contribution is -2.20. The molecule has 96 valence electrons. The summed E-state index contributed by atoms with van der Waals surface area (Å²) < 4.78 is 6.66. The molecule has 1 heterocycles. The Morgan fingerprint density at radius 2 is 2.11 bits per heavy atom. The Labute approximate surface area is 119 Å². The van der Waals surface area contributed by atoms with Crippen LogP contribution in [-0.2, 0) is 6.54 Å². The maximum Gasteiger partial charge on any atom is 0.119 e. The monoisotopic (exact) mass is 326 g/mol. The van der Waals surface area contributed by atoms with Gasteiger partial charge in [0.15, 0.2) is 0 Å². The van der Waals surface area contributed by atoms with Crippen LogP contribution in [0.4, 0.5) is 0 Å². The lowest BCUT2D eigenvalue weighted by atomic mass is 10.3. The van der Waals surface area contributed by atoms with Crippen LogP contribution in [0, 0.1) is 6.92 Å². The van der Waals surface area contributed by atoms with Crippen molar-refractivity contribution >= 4 is 27.3 Å². The fourth-order valence-corrected chi connectivity index (χ4v) is 2.35. The predicted molar refractivity (Wildman–Crippen MR) is 78.2 cm³/mol. The highest BCUT2D eigenvalue weighted by molar-refractivity contribution is 9.10. The minimum Gasteiger partial charge on any atom is -0.492 e. The minimum atomic E-state index is 0.657. The van der Waals surface area contributed by atoms with Crippen LogP contribution in [0.25, 0.3) is 0 Å². The topological polar surface area (TPSA) is 34.2 Å². The van der Waals surface area contributed by atoms with Crippen molar-refractivity contribution in [2.75, 3.05) is 13.2 Å². The highest BCUT2D eigenvalue weighted by Crippen LogP contribution is 2.15. The molecule has 1 N–H and O–H groups in total. The molecular weight excluding hydrogens is 312 g/mol. The largest absolute Gasteiger partial charge is 0.492 e. The summed E-state index contributed by atoms with van der Waals surface area (Å²) >= 11 is 5.07. The summed E-state index contributed by atoms with van der Waals surface area (Å²) in [5.74, 6) is 0.893. The molecule has 1 aromatic heterocycles. The van der Waals surface area contributed by atoms with Crippen LogP contribution in [-0.4, -0.2) is 18.1 Å². The molecule has 3 nitrogen and oxygen atoms in total. The Hall–Kier alpha value is -0.910. The standard InChI is InChI=1S/C13H15BrN2OS/c1-10-16-12(9-18-10)8-15-6-7-17-13-4-2-11(14)3-5-13/h2-5,9,15H,6-8H2,1H3. The third kappa shape index (κ3) is 4.40. The van der Waals surface area contributed by atoms with Crippen LogP contribution in [0.3, 0.4) is 0 Å². The number of aryl methyl sites for hydroxylation is 1. The molecule has 1 aromatic carbocycles. The van der Waals surface area contributed by atoms with Gasteiger partial charge in [-0.3, -0.25) is 0 Å². The van der Waals surface area contributed by atoms with Gasteiger partial charge in [0.2, 0.25) is 0 Å². The number of hydrogen-bond donors (Lipinski definition) is 1. The lowest BCUT2D eigenvalue weighted by Gasteiger charge is -2.06. The van der Waals surface area contributed by atoms with Gasteiger partial charge in [-0.25, -0.2) is 4.98 Å². The van der Waals surface area contributed by atoms with Gasteiger partial charge in [0.25, 0.3) is 0 Å². The highest BCUT2D eigenvalue weighted by Gasteiger charge is 1.97. The molecule has 0 spiro atoms. The van der Waals surface area contributed by atoms with Crippen LogP contribution < -0.4 is 10.1 Å². The smallest absolute Gasteiger partial charge is 0.119 e. The van der Waals surface area contributed by atoms with Gasteiger partial charge >= 0.3 is 0 Å². The fourth-order valence-electron chi connectivity index (χ4n) is 1.48. The fraction of sp³-hybridized carbons (Fsp3) is 0.308. The van der Waals surface area contributed by atoms with E-state index in [1.807, 2.05) is 31.2 Å². The zero-order chi connectivity index (χ0) is 12.8. The molecule has 2 rings (SSSR count). The first-order valence-corrected chi connectivity index (χ1v) is 7.41. The molecule has 0 aliphatic carbocycles. The molecule has 0 unspecified atom stereocenters. The van der Waals surface area contributed by atoms with Crippen LogP contribution in [0.15, 0.2) is 34.1 Å². The van der Waals surface area contributed by atoms with E-state index < -0.39 is 0 Å². The van der Waals surface area contributed by atoms with Gasteiger partial charge in [-0.1, -0.05) is 15.9 Å². The van der Waals surface area contributed by atoms with E-state index in [1.54, 1.807) is 11.3 Å². The number of nitrogens with zero attached hydrogens (tertiary/aromatic N) is 1. The molecule has 0 saturated heterocycles. The minimum absolute atomic E-state index is 0.657. The normalized spacial score (nSPS) is 10.6. The van der Waals surface area contributed by atoms with E-state index in [1.165, 1.54) is 0 Å². The third-order valence-electron chi connectivity index (χ3n) is 2.33. The summed E-state index contributed by atoms with van der Waals surface area (Å²) in [5.41, 5.74) is 1.10. The van der Waals surface area contributed by atoms with E-state index in [0.717, 1.165) is 34.0 Å². The van der Waals surface area contributed by atoms with E-state index in [2.05, 4.69) is 31.6 Å². The number of benzene rings is 1. The second-order valence-corrected chi connectivity index (χ2v) is 5.81. The number of hydrogen-bond acceptors (Lipinski definition) is 4. The van der Waals surface area contributed by atoms with Crippen LogP contribution >= 0.6 is 27.3 Å². The molecule has 0 amide bonds. The first-order chi connectivity index (χ1) is 8.74. The molecule has 0 atom stereocenters. The lowest BCUT2D eigenvalue weighted by molar-refractivity contribution is 0.313. The molecular formula is C13H15BrN2OS. The summed E-state index contributed by atoms with van der Waals surface area (Å²) in [5, 5.41) is 6.50. The van der Waals surface area contributed by atoms with E-state index >= 15 is 0 Å². The number of thiazole rings is 1. The van der Waals surface area contributed by atoms with E-state index in [9.17, 15) is 0 Å². The molecule has 0 aliphatic heterocycles. The highest BCUT2D eigenvalue weighted by atomic mass is 79.9. The van der Waals surface area contributed by atoms with Gasteiger partial charge < -0.3 is 10.1 Å². The van der Waals surface area contributed by atoms with Crippen molar-refractivity contribution in [2.45, 2.75) is 13.5 Å². The van der Waals surface area contributed by atoms with Gasteiger partial charge in [-0.05, 0) is 31.2 Å². The quantitative estimate of drug-likeness (QED) is 0.826. The van der Waals surface area contributed by atoms with Gasteiger partial charge in [0, 0.05) is 22.9 Å². The van der Waals surface area contributed by atoms with Gasteiger partial charge in [0.1, 0.15) is 12.4 Å². The Morgan fingerprint density at radius 3 is 2.78 bits per heavy atom. The Morgan fingerprint density at radius 1 is 1.33 bits per heavy atom. The second-order valence-electron chi connectivity index (χ2n) is 3.84. The van der Waals surface area contributed by atoms with E-state index in [4.69, 9.17) is 4.74 Å². The number of nitrogens with one attached hydrogen (secondary N) is 1. The molecule has 0 fully saturated rings. The first kappa shape index (κ1) is 13.5. The van der Waals surface area contributed by atoms with Gasteiger partial charge in [-0.2, -0.15) is 0 Å². The SMILES string of the molecule is Cc1nc(CNCCOc2ccc(Br)cc2)cs1. The molecule has 5 heteroatoms. The van der Waals surface area contributed by atoms with Crippen LogP contribution in [0.1, 0.15) is 10.7 Å². The van der Waals surface area contributed by atoms with Crippen molar-refractivity contribution in [3.05, 3.63) is 44.8 Å². The number of halogens is 1. The Bertz CT molecular complexity index is 484. The average molecular weight is 327 g/mol. The van der Waals surface area contributed by atoms with Crippen molar-refractivity contribution in [3.63, 3.8) is 0 Å². The van der Waals surface area contributed by atoms with Crippen molar-refractivity contribution in [1.82, 2.24) is 10.3 Å². The Balaban J connectivity index is 1.63. The van der Waals surface area contributed by atoms with E-state index in [-0.39, 0.29) is 0 Å². The number of rotatable bonds is 6. The molecule has 18 heavy (non-hydrogen) atoms. The molecule has 0 aliphatic rings. The maximum absolute atomic E-state index is 5.60. The summed E-state index contributed by atoms with van der Waals surface area (Å²) in [6, 6.07) is 7.85. The molecule has 2 aromatic rings. The number of aromatic nitrogens is 1. The summed E-state index contributed by atoms with van der Waals surface area (Å²) in [4.78, 5) is 4.39. The van der Waals surface area contributed by atoms with Gasteiger partial charge in [-0.15, -0.1) is 11.3 Å². The third-order valence-corrected chi connectivity index (χ3v) is 3.68. The molecule has 0 radical (unpaired) electrons. The predicted octanol–water partition coefficient (Wildman–Crippen LogP) is 3.38. The molecule has 0 bridgehead atoms. The Kier molecular flexibility index (Phi) is 5.16. The zero-order valence-corrected chi connectivity index (χ0v) is 12.6. The van der Waals surface area contributed by atoms with Crippen molar-refractivity contribution < 1.29 is 4.74 Å². The van der Waals surface area contributed by atoms with E-state index in [0.29, 0.717) is 6.61 Å². The van der Waals surface area contributed by atoms with Crippen molar-refractivity contribution in [3.8, 4) is 5.75 Å².